The van der Waals surface area contributed by atoms with E-state index in [0.29, 0.717) is 2.91 Å². The molecule has 0 bridgehead atoms. The van der Waals surface area contributed by atoms with Crippen LogP contribution < -0.4 is 9.41 Å². The second-order valence-corrected chi connectivity index (χ2v) is 15.7. The average molecular weight is 483 g/mol. The van der Waals surface area contributed by atoms with Gasteiger partial charge in [-0.25, -0.2) is 0 Å². The van der Waals surface area contributed by atoms with Gasteiger partial charge in [0.05, 0.1) is 0 Å². The van der Waals surface area contributed by atoms with E-state index in [0.717, 1.165) is 0 Å². The van der Waals surface area contributed by atoms with Crippen molar-refractivity contribution in [2.45, 2.75) is 29.1 Å². The molecular weight excluding hydrogens is 464 g/mol. The van der Waals surface area contributed by atoms with Crippen LogP contribution in [0.4, 0.5) is 0 Å². The van der Waals surface area contributed by atoms with Crippen LogP contribution in [0.1, 0.15) is 37.3 Å². The molecule has 1 aromatic carbocycles. The minimum absolute atomic E-state index is 0. The minimum atomic E-state index is -0.767. The molecule has 1 aliphatic heterocycles. The van der Waals surface area contributed by atoms with Gasteiger partial charge in [0, 0.05) is 0 Å². The van der Waals surface area contributed by atoms with E-state index in [2.05, 4.69) is 55.5 Å². The van der Waals surface area contributed by atoms with Crippen LogP contribution in [0.2, 0.25) is 0 Å². The van der Waals surface area contributed by atoms with E-state index < -0.39 is 22.9 Å². The number of hydrogen-bond acceptors (Lipinski definition) is 0. The molecule has 3 aliphatic rings. The van der Waals surface area contributed by atoms with Crippen LogP contribution in [-0.4, -0.2) is 6.16 Å². The third kappa shape index (κ3) is 2.55. The Morgan fingerprint density at radius 1 is 1.18 bits per heavy atom. The van der Waals surface area contributed by atoms with Gasteiger partial charge in [0.25, 0.3) is 0 Å². The molecule has 0 saturated heterocycles. The first-order valence-electron chi connectivity index (χ1n) is 7.59. The SMILES string of the molecule is CCCCP1C2=[C](CC=C2)[Hf+2][C]12C=Cc1ccccc12.[F-].[F-]. The Kier molecular flexibility index (Phi) is 5.72. The summed E-state index contributed by atoms with van der Waals surface area (Å²) in [6.45, 7) is 2.33. The fourth-order valence-electron chi connectivity index (χ4n) is 3.60. The fourth-order valence-corrected chi connectivity index (χ4v) is 18.9. The summed E-state index contributed by atoms with van der Waals surface area (Å²) in [5.74, 6) is 0. The van der Waals surface area contributed by atoms with Gasteiger partial charge >= 0.3 is 134 Å². The van der Waals surface area contributed by atoms with Gasteiger partial charge in [0.2, 0.25) is 0 Å². The number of unbranched alkanes of at least 4 members (excludes halogenated alkanes) is 1. The summed E-state index contributed by atoms with van der Waals surface area (Å²) >= 11 is -0.767. The van der Waals surface area contributed by atoms with Gasteiger partial charge in [0.1, 0.15) is 0 Å². The van der Waals surface area contributed by atoms with Crippen LogP contribution in [0, 0.1) is 0 Å². The molecule has 114 valence electrons. The van der Waals surface area contributed by atoms with Crippen LogP contribution in [-0.2, 0) is 25.8 Å². The summed E-state index contributed by atoms with van der Waals surface area (Å²) in [6.07, 6.45) is 15.5. The number of halogens is 2. The van der Waals surface area contributed by atoms with Crippen molar-refractivity contribution in [2.75, 3.05) is 6.16 Å². The maximum Gasteiger partial charge on any atom is -1.00 e. The maximum absolute atomic E-state index is 2.63. The smallest absolute Gasteiger partial charge is 1.00 e. The van der Waals surface area contributed by atoms with Crippen molar-refractivity contribution in [1.82, 2.24) is 0 Å². The standard InChI is InChI=1S/C18H19P.2FH.Hf/c1-2-3-14-19(16-9-5-6-10-16)18-13-12-15-8-4-7-11-17(15)18;;;/h4-5,7-9,11-13H,2-3,6,14H2,1H3;2*1H;/q;;;+2/p-2. The molecule has 1 aromatic rings. The second kappa shape index (κ2) is 7.01. The maximum atomic E-state index is 2.63. The molecule has 1 spiro atoms. The van der Waals surface area contributed by atoms with E-state index in [1.54, 1.807) is 5.56 Å². The van der Waals surface area contributed by atoms with Crippen LogP contribution in [0.15, 0.2) is 51.1 Å². The van der Waals surface area contributed by atoms with E-state index in [4.69, 9.17) is 0 Å². The minimum Gasteiger partial charge on any atom is -1.00 e. The fraction of sp³-hybridized carbons (Fsp3) is 0.333. The molecular formula is C18H19F2HfP. The van der Waals surface area contributed by atoms with Crippen molar-refractivity contribution < 1.29 is 32.3 Å². The van der Waals surface area contributed by atoms with Crippen molar-refractivity contribution in [1.29, 1.82) is 0 Å². The van der Waals surface area contributed by atoms with Crippen molar-refractivity contribution in [3.05, 3.63) is 62.3 Å². The molecule has 4 heteroatoms. The topological polar surface area (TPSA) is 0 Å². The molecule has 2 aliphatic carbocycles. The summed E-state index contributed by atoms with van der Waals surface area (Å²) in [5, 5.41) is 1.82. The van der Waals surface area contributed by atoms with E-state index in [1.165, 1.54) is 31.0 Å². The summed E-state index contributed by atoms with van der Waals surface area (Å²) in [6, 6.07) is 9.19. The van der Waals surface area contributed by atoms with Crippen LogP contribution in [0.5, 0.6) is 0 Å². The molecule has 0 saturated carbocycles. The molecule has 0 N–H and O–H groups in total. The number of benzene rings is 1. The van der Waals surface area contributed by atoms with Crippen LogP contribution >= 0.6 is 7.92 Å². The summed E-state index contributed by atoms with van der Waals surface area (Å²) in [5.41, 5.74) is 3.20. The summed E-state index contributed by atoms with van der Waals surface area (Å²) in [7, 11) is 0.0291. The van der Waals surface area contributed by atoms with Gasteiger partial charge in [-0.2, -0.15) is 0 Å². The first-order chi connectivity index (χ1) is 9.85. The first-order valence-corrected chi connectivity index (χ1v) is 12.7. The molecule has 0 nitrogen and oxygen atoms in total. The molecule has 2 unspecified atom stereocenters. The van der Waals surface area contributed by atoms with Crippen molar-refractivity contribution >= 4 is 14.0 Å². The second-order valence-electron chi connectivity index (χ2n) is 5.79. The van der Waals surface area contributed by atoms with Gasteiger partial charge in [-0.05, 0) is 0 Å². The van der Waals surface area contributed by atoms with Crippen molar-refractivity contribution in [2.24, 2.45) is 0 Å². The van der Waals surface area contributed by atoms with Crippen LogP contribution in [0.3, 0.4) is 0 Å². The van der Waals surface area contributed by atoms with Gasteiger partial charge in [-0.1, -0.05) is 0 Å². The number of allylic oxidation sites excluding steroid dienone is 5. The monoisotopic (exact) mass is 484 g/mol. The zero-order chi connectivity index (χ0) is 13.6. The van der Waals surface area contributed by atoms with E-state index >= 15 is 0 Å². The predicted molar refractivity (Wildman–Crippen MR) is 84.6 cm³/mol. The number of fused-ring (bicyclic) bond motifs is 2. The Balaban J connectivity index is 0.000000882. The molecule has 0 aromatic heterocycles. The van der Waals surface area contributed by atoms with Crippen LogP contribution in [0.25, 0.3) is 6.08 Å². The predicted octanol–water partition coefficient (Wildman–Crippen LogP) is -0.576. The van der Waals surface area contributed by atoms with E-state index in [1.807, 2.05) is 8.64 Å². The Bertz CT molecular complexity index is 650. The van der Waals surface area contributed by atoms with Gasteiger partial charge < -0.3 is 9.41 Å². The quantitative estimate of drug-likeness (QED) is 0.400. The Hall–Kier alpha value is -0.400. The van der Waals surface area contributed by atoms with Crippen molar-refractivity contribution in [3.8, 4) is 0 Å². The van der Waals surface area contributed by atoms with Gasteiger partial charge in [-0.15, -0.1) is 0 Å². The summed E-state index contributed by atoms with van der Waals surface area (Å²) in [4.78, 5) is 0. The zero-order valence-electron chi connectivity index (χ0n) is 12.7. The molecule has 1 heterocycles. The number of rotatable bonds is 3. The molecule has 4 rings (SSSR count). The Morgan fingerprint density at radius 2 is 2.00 bits per heavy atom. The largest absolute Gasteiger partial charge is 1.00 e. The molecule has 2 atom stereocenters. The van der Waals surface area contributed by atoms with Gasteiger partial charge in [0.15, 0.2) is 0 Å². The van der Waals surface area contributed by atoms with Crippen molar-refractivity contribution in [3.63, 3.8) is 0 Å². The first kappa shape index (κ1) is 17.9. The zero-order valence-corrected chi connectivity index (χ0v) is 17.1. The Labute approximate surface area is 143 Å². The number of hydrogen-bond donors (Lipinski definition) is 0. The third-order valence-electron chi connectivity index (χ3n) is 4.58. The molecule has 22 heavy (non-hydrogen) atoms. The van der Waals surface area contributed by atoms with E-state index in [9.17, 15) is 0 Å². The molecule has 0 fully saturated rings. The normalized spacial score (nSPS) is 26.1. The Morgan fingerprint density at radius 3 is 2.82 bits per heavy atom. The van der Waals surface area contributed by atoms with Gasteiger partial charge in [-0.3, -0.25) is 0 Å². The average Bonchev–Trinajstić information content (AvgIpc) is 3.13. The van der Waals surface area contributed by atoms with E-state index in [-0.39, 0.29) is 17.3 Å². The molecule has 0 radical (unpaired) electrons. The summed E-state index contributed by atoms with van der Waals surface area (Å²) < 4.78 is 2.46. The third-order valence-corrected chi connectivity index (χ3v) is 17.9. The molecule has 0 amide bonds.